The Kier molecular flexibility index (Phi) is 6.60. The zero-order valence-electron chi connectivity index (χ0n) is 16.0. The van der Waals surface area contributed by atoms with Gasteiger partial charge in [-0.25, -0.2) is 4.98 Å². The SMILES string of the molecule is CCN(CC)C(=O)COc1ccc2nc(C(=O)NCc3ccccc3)sc2c1. The molecule has 146 valence electrons. The number of hydrogen-bond donors (Lipinski definition) is 1. The van der Waals surface area contributed by atoms with Crippen molar-refractivity contribution in [3.8, 4) is 5.75 Å². The lowest BCUT2D eigenvalue weighted by Crippen LogP contribution is -2.34. The first-order valence-corrected chi connectivity index (χ1v) is 10.1. The number of benzene rings is 2. The molecule has 0 bridgehead atoms. The number of rotatable bonds is 8. The number of ether oxygens (including phenoxy) is 1. The molecular weight excluding hydrogens is 374 g/mol. The van der Waals surface area contributed by atoms with E-state index in [0.717, 1.165) is 15.8 Å². The van der Waals surface area contributed by atoms with E-state index in [9.17, 15) is 9.59 Å². The third kappa shape index (κ3) is 4.86. The van der Waals surface area contributed by atoms with E-state index in [-0.39, 0.29) is 18.4 Å². The average Bonchev–Trinajstić information content (AvgIpc) is 3.15. The van der Waals surface area contributed by atoms with Gasteiger partial charge in [0.15, 0.2) is 11.6 Å². The fraction of sp³-hybridized carbons (Fsp3) is 0.286. The van der Waals surface area contributed by atoms with E-state index in [0.29, 0.717) is 30.4 Å². The number of thiazole rings is 1. The first kappa shape index (κ1) is 19.8. The van der Waals surface area contributed by atoms with Gasteiger partial charge < -0.3 is 15.0 Å². The number of carbonyl (C=O) groups excluding carboxylic acids is 2. The van der Waals surface area contributed by atoms with Crippen molar-refractivity contribution in [2.75, 3.05) is 19.7 Å². The Morgan fingerprint density at radius 2 is 1.86 bits per heavy atom. The molecule has 0 aliphatic heterocycles. The smallest absolute Gasteiger partial charge is 0.280 e. The van der Waals surface area contributed by atoms with E-state index >= 15 is 0 Å². The molecule has 0 aliphatic rings. The summed E-state index contributed by atoms with van der Waals surface area (Å²) in [5, 5.41) is 3.29. The van der Waals surface area contributed by atoms with Crippen molar-refractivity contribution in [2.45, 2.75) is 20.4 Å². The van der Waals surface area contributed by atoms with E-state index in [2.05, 4.69) is 10.3 Å². The van der Waals surface area contributed by atoms with Gasteiger partial charge in [-0.1, -0.05) is 30.3 Å². The normalized spacial score (nSPS) is 10.6. The van der Waals surface area contributed by atoms with Crippen LogP contribution in [-0.2, 0) is 11.3 Å². The minimum atomic E-state index is -0.204. The fourth-order valence-corrected chi connectivity index (χ4v) is 3.67. The van der Waals surface area contributed by atoms with Crippen molar-refractivity contribution in [2.24, 2.45) is 0 Å². The lowest BCUT2D eigenvalue weighted by Gasteiger charge is -2.18. The predicted octanol–water partition coefficient (Wildman–Crippen LogP) is 3.47. The minimum absolute atomic E-state index is 0.00356. The molecule has 1 N–H and O–H groups in total. The zero-order valence-corrected chi connectivity index (χ0v) is 16.8. The number of carbonyl (C=O) groups is 2. The molecule has 6 nitrogen and oxygen atoms in total. The molecule has 3 aromatic rings. The Morgan fingerprint density at radius 3 is 2.57 bits per heavy atom. The Labute approximate surface area is 168 Å². The molecule has 1 aromatic heterocycles. The summed E-state index contributed by atoms with van der Waals surface area (Å²) in [5.74, 6) is 0.340. The van der Waals surface area contributed by atoms with Gasteiger partial charge in [0, 0.05) is 19.6 Å². The monoisotopic (exact) mass is 397 g/mol. The molecule has 2 aromatic carbocycles. The van der Waals surface area contributed by atoms with Crippen LogP contribution in [0.15, 0.2) is 48.5 Å². The molecule has 0 saturated heterocycles. The Hall–Kier alpha value is -2.93. The summed E-state index contributed by atoms with van der Waals surface area (Å²) >= 11 is 1.31. The van der Waals surface area contributed by atoms with Crippen molar-refractivity contribution in [3.05, 3.63) is 59.1 Å². The molecule has 0 unspecified atom stereocenters. The average molecular weight is 398 g/mol. The van der Waals surface area contributed by atoms with Gasteiger partial charge in [-0.3, -0.25) is 9.59 Å². The maximum absolute atomic E-state index is 12.4. The van der Waals surface area contributed by atoms with Gasteiger partial charge in [0.1, 0.15) is 5.75 Å². The summed E-state index contributed by atoms with van der Waals surface area (Å²) in [7, 11) is 0. The van der Waals surface area contributed by atoms with Gasteiger partial charge in [-0.15, -0.1) is 11.3 Å². The molecular formula is C21H23N3O3S. The number of likely N-dealkylation sites (N-methyl/N-ethyl adjacent to an activating group) is 1. The third-order valence-corrected chi connectivity index (χ3v) is 5.35. The van der Waals surface area contributed by atoms with Crippen LogP contribution in [0, 0.1) is 0 Å². The summed E-state index contributed by atoms with van der Waals surface area (Å²) in [6.45, 7) is 5.65. The maximum Gasteiger partial charge on any atom is 0.280 e. The lowest BCUT2D eigenvalue weighted by atomic mass is 10.2. The molecule has 3 rings (SSSR count). The molecule has 0 spiro atoms. The highest BCUT2D eigenvalue weighted by atomic mass is 32.1. The predicted molar refractivity (Wildman–Crippen MR) is 111 cm³/mol. The number of hydrogen-bond acceptors (Lipinski definition) is 5. The van der Waals surface area contributed by atoms with E-state index in [4.69, 9.17) is 4.74 Å². The first-order chi connectivity index (χ1) is 13.6. The molecule has 0 saturated carbocycles. The van der Waals surface area contributed by atoms with Gasteiger partial charge in [0.05, 0.1) is 10.2 Å². The number of nitrogens with zero attached hydrogens (tertiary/aromatic N) is 2. The number of nitrogens with one attached hydrogen (secondary N) is 1. The lowest BCUT2D eigenvalue weighted by molar-refractivity contribution is -0.132. The van der Waals surface area contributed by atoms with E-state index < -0.39 is 0 Å². The molecule has 2 amide bonds. The minimum Gasteiger partial charge on any atom is -0.484 e. The molecule has 0 atom stereocenters. The third-order valence-electron chi connectivity index (χ3n) is 4.33. The van der Waals surface area contributed by atoms with Crippen LogP contribution >= 0.6 is 11.3 Å². The molecule has 28 heavy (non-hydrogen) atoms. The second-order valence-corrected chi connectivity index (χ2v) is 7.20. The Morgan fingerprint density at radius 1 is 1.11 bits per heavy atom. The highest BCUT2D eigenvalue weighted by Crippen LogP contribution is 2.26. The summed E-state index contributed by atoms with van der Waals surface area (Å²) in [6.07, 6.45) is 0. The van der Waals surface area contributed by atoms with Gasteiger partial charge in [0.2, 0.25) is 0 Å². The number of fused-ring (bicyclic) bond motifs is 1. The van der Waals surface area contributed by atoms with Crippen LogP contribution in [0.25, 0.3) is 10.2 Å². The summed E-state index contributed by atoms with van der Waals surface area (Å²) in [5.41, 5.74) is 1.77. The quantitative estimate of drug-likeness (QED) is 0.632. The van der Waals surface area contributed by atoms with Crippen molar-refractivity contribution in [1.29, 1.82) is 0 Å². The molecule has 0 fully saturated rings. The van der Waals surface area contributed by atoms with Gasteiger partial charge in [0.25, 0.3) is 11.8 Å². The molecule has 0 aliphatic carbocycles. The van der Waals surface area contributed by atoms with Gasteiger partial charge in [-0.2, -0.15) is 0 Å². The highest BCUT2D eigenvalue weighted by Gasteiger charge is 2.14. The molecule has 1 heterocycles. The van der Waals surface area contributed by atoms with Crippen LogP contribution in [0.2, 0.25) is 0 Å². The number of amides is 2. The van der Waals surface area contributed by atoms with Crippen LogP contribution in [0.1, 0.15) is 29.2 Å². The largest absolute Gasteiger partial charge is 0.484 e. The van der Waals surface area contributed by atoms with Crippen molar-refractivity contribution >= 4 is 33.4 Å². The van der Waals surface area contributed by atoms with Crippen LogP contribution in [0.3, 0.4) is 0 Å². The summed E-state index contributed by atoms with van der Waals surface area (Å²) in [6, 6.07) is 15.1. The van der Waals surface area contributed by atoms with Gasteiger partial charge in [-0.05, 0) is 37.6 Å². The number of aromatic nitrogens is 1. The second-order valence-electron chi connectivity index (χ2n) is 6.17. The topological polar surface area (TPSA) is 71.5 Å². The Bertz CT molecular complexity index is 952. The summed E-state index contributed by atoms with van der Waals surface area (Å²) in [4.78, 5) is 30.6. The van der Waals surface area contributed by atoms with Crippen LogP contribution < -0.4 is 10.1 Å². The second kappa shape index (κ2) is 9.32. The van der Waals surface area contributed by atoms with E-state index in [1.807, 2.05) is 50.2 Å². The maximum atomic E-state index is 12.4. The van der Waals surface area contributed by atoms with E-state index in [1.54, 1.807) is 17.0 Å². The van der Waals surface area contributed by atoms with Crippen LogP contribution in [0.5, 0.6) is 5.75 Å². The molecule has 0 radical (unpaired) electrons. The summed E-state index contributed by atoms with van der Waals surface area (Å²) < 4.78 is 6.47. The van der Waals surface area contributed by atoms with Crippen LogP contribution in [-0.4, -0.2) is 41.4 Å². The highest BCUT2D eigenvalue weighted by molar-refractivity contribution is 7.20. The van der Waals surface area contributed by atoms with Gasteiger partial charge >= 0.3 is 0 Å². The van der Waals surface area contributed by atoms with Crippen LogP contribution in [0.4, 0.5) is 0 Å². The van der Waals surface area contributed by atoms with Crippen molar-refractivity contribution in [1.82, 2.24) is 15.2 Å². The standard InChI is InChI=1S/C21H23N3O3S/c1-3-24(4-2)19(25)14-27-16-10-11-17-18(12-16)28-21(23-17)20(26)22-13-15-8-6-5-7-9-15/h5-12H,3-4,13-14H2,1-2H3,(H,22,26). The first-order valence-electron chi connectivity index (χ1n) is 9.24. The zero-order chi connectivity index (χ0) is 19.9. The van der Waals surface area contributed by atoms with Crippen molar-refractivity contribution < 1.29 is 14.3 Å². The van der Waals surface area contributed by atoms with E-state index in [1.165, 1.54) is 11.3 Å². The fourth-order valence-electron chi connectivity index (χ4n) is 2.76. The Balaban J connectivity index is 1.63. The molecule has 7 heteroatoms. The van der Waals surface area contributed by atoms with Crippen molar-refractivity contribution in [3.63, 3.8) is 0 Å².